The number of hydrogen-bond acceptors (Lipinski definition) is 4. The van der Waals surface area contributed by atoms with Crippen molar-refractivity contribution >= 4 is 17.5 Å². The van der Waals surface area contributed by atoms with E-state index in [0.29, 0.717) is 18.2 Å². The normalized spacial score (nSPS) is 10.5. The molecule has 3 rings (SSSR count). The van der Waals surface area contributed by atoms with E-state index in [-0.39, 0.29) is 23.2 Å². The lowest BCUT2D eigenvalue weighted by Crippen LogP contribution is -2.25. The highest BCUT2D eigenvalue weighted by Gasteiger charge is 2.13. The molecule has 0 spiro atoms. The fourth-order valence-corrected chi connectivity index (χ4v) is 2.61. The Morgan fingerprint density at radius 1 is 0.893 bits per heavy atom. The first-order valence-electron chi connectivity index (χ1n) is 9.08. The summed E-state index contributed by atoms with van der Waals surface area (Å²) in [6.07, 6.45) is 3.33. The van der Waals surface area contributed by atoms with Crippen molar-refractivity contribution in [2.75, 3.05) is 5.32 Å². The number of anilines is 1. The second-order valence-electron chi connectivity index (χ2n) is 6.68. The lowest BCUT2D eigenvalue weighted by molar-refractivity contribution is 0.0945. The Hall–Kier alpha value is -3.54. The molecule has 0 bridgehead atoms. The third-order valence-corrected chi connectivity index (χ3v) is 4.25. The maximum atomic E-state index is 12.5. The third-order valence-electron chi connectivity index (χ3n) is 4.25. The molecule has 2 amide bonds. The Bertz CT molecular complexity index is 954. The lowest BCUT2D eigenvalue weighted by Gasteiger charge is -2.09. The Morgan fingerprint density at radius 2 is 1.54 bits per heavy atom. The SMILES string of the molecule is CC(C)c1ccc(NC(=O)c2cccc(C(=O)NCc3ccncc3)n2)cc1. The number of nitrogens with zero attached hydrogens (tertiary/aromatic N) is 2. The number of carbonyl (C=O) groups excluding carboxylic acids is 2. The molecule has 0 saturated carbocycles. The molecule has 0 aliphatic carbocycles. The van der Waals surface area contributed by atoms with Gasteiger partial charge in [0.25, 0.3) is 11.8 Å². The maximum absolute atomic E-state index is 12.5. The molecule has 0 unspecified atom stereocenters. The zero-order valence-electron chi connectivity index (χ0n) is 15.8. The molecule has 2 aromatic heterocycles. The van der Waals surface area contributed by atoms with Crippen LogP contribution in [0.1, 0.15) is 51.9 Å². The van der Waals surface area contributed by atoms with E-state index in [9.17, 15) is 9.59 Å². The van der Waals surface area contributed by atoms with Gasteiger partial charge in [0.1, 0.15) is 11.4 Å². The van der Waals surface area contributed by atoms with Gasteiger partial charge in [0.05, 0.1) is 0 Å². The van der Waals surface area contributed by atoms with E-state index in [1.54, 1.807) is 30.6 Å². The Balaban J connectivity index is 1.64. The van der Waals surface area contributed by atoms with Gasteiger partial charge in [-0.2, -0.15) is 0 Å². The smallest absolute Gasteiger partial charge is 0.274 e. The molecule has 142 valence electrons. The van der Waals surface area contributed by atoms with Gasteiger partial charge in [-0.05, 0) is 53.4 Å². The van der Waals surface area contributed by atoms with Gasteiger partial charge in [-0.15, -0.1) is 0 Å². The molecule has 0 aliphatic heterocycles. The molecule has 2 N–H and O–H groups in total. The van der Waals surface area contributed by atoms with Gasteiger partial charge < -0.3 is 10.6 Å². The van der Waals surface area contributed by atoms with Crippen LogP contribution >= 0.6 is 0 Å². The van der Waals surface area contributed by atoms with Crippen LogP contribution in [0.4, 0.5) is 5.69 Å². The summed E-state index contributed by atoms with van der Waals surface area (Å²) in [4.78, 5) is 32.9. The molecule has 0 saturated heterocycles. The summed E-state index contributed by atoms with van der Waals surface area (Å²) in [5, 5.41) is 5.60. The predicted octanol–water partition coefficient (Wildman–Crippen LogP) is 3.78. The van der Waals surface area contributed by atoms with Gasteiger partial charge in [0.2, 0.25) is 0 Å². The van der Waals surface area contributed by atoms with Crippen molar-refractivity contribution in [2.24, 2.45) is 0 Å². The minimum Gasteiger partial charge on any atom is -0.347 e. The first-order chi connectivity index (χ1) is 13.5. The number of aromatic nitrogens is 2. The summed E-state index contributed by atoms with van der Waals surface area (Å²) in [5.74, 6) is -0.275. The van der Waals surface area contributed by atoms with E-state index in [1.807, 2.05) is 36.4 Å². The van der Waals surface area contributed by atoms with Gasteiger partial charge in [-0.3, -0.25) is 14.6 Å². The minimum absolute atomic E-state index is 0.185. The van der Waals surface area contributed by atoms with E-state index in [0.717, 1.165) is 5.56 Å². The molecular formula is C22H22N4O2. The van der Waals surface area contributed by atoms with E-state index in [1.165, 1.54) is 5.56 Å². The molecule has 3 aromatic rings. The number of pyridine rings is 2. The van der Waals surface area contributed by atoms with Gasteiger partial charge in [-0.25, -0.2) is 4.98 Å². The number of hydrogen-bond donors (Lipinski definition) is 2. The second kappa shape index (κ2) is 8.90. The number of rotatable bonds is 6. The van der Waals surface area contributed by atoms with Gasteiger partial charge >= 0.3 is 0 Å². The average molecular weight is 374 g/mol. The number of amides is 2. The second-order valence-corrected chi connectivity index (χ2v) is 6.68. The van der Waals surface area contributed by atoms with E-state index < -0.39 is 0 Å². The summed E-state index contributed by atoms with van der Waals surface area (Å²) in [6, 6.07) is 16.1. The van der Waals surface area contributed by atoms with Crippen molar-refractivity contribution in [3.8, 4) is 0 Å². The highest BCUT2D eigenvalue weighted by molar-refractivity contribution is 6.03. The standard InChI is InChI=1S/C22H22N4O2/c1-15(2)17-6-8-18(9-7-17)25-22(28)20-5-3-4-19(26-20)21(27)24-14-16-10-12-23-13-11-16/h3-13,15H,14H2,1-2H3,(H,24,27)(H,25,28). The third kappa shape index (κ3) is 5.01. The Morgan fingerprint density at radius 3 is 2.18 bits per heavy atom. The zero-order valence-corrected chi connectivity index (χ0v) is 15.8. The molecule has 2 heterocycles. The molecular weight excluding hydrogens is 352 g/mol. The van der Waals surface area contributed by atoms with Crippen molar-refractivity contribution in [2.45, 2.75) is 26.3 Å². The van der Waals surface area contributed by atoms with Crippen LogP contribution in [0.5, 0.6) is 0 Å². The van der Waals surface area contributed by atoms with Gasteiger partial charge in [-0.1, -0.05) is 32.0 Å². The van der Waals surface area contributed by atoms with Crippen LogP contribution in [0.15, 0.2) is 67.0 Å². The largest absolute Gasteiger partial charge is 0.347 e. The summed E-state index contributed by atoms with van der Waals surface area (Å²) >= 11 is 0. The van der Waals surface area contributed by atoms with Crippen LogP contribution < -0.4 is 10.6 Å². The quantitative estimate of drug-likeness (QED) is 0.688. The molecule has 0 atom stereocenters. The highest BCUT2D eigenvalue weighted by atomic mass is 16.2. The van der Waals surface area contributed by atoms with Gasteiger partial charge in [0, 0.05) is 24.6 Å². The van der Waals surface area contributed by atoms with Crippen molar-refractivity contribution in [3.05, 3.63) is 89.5 Å². The van der Waals surface area contributed by atoms with Crippen LogP contribution in [-0.2, 0) is 6.54 Å². The number of nitrogens with one attached hydrogen (secondary N) is 2. The molecule has 6 heteroatoms. The Kier molecular flexibility index (Phi) is 6.11. The Labute approximate surface area is 164 Å². The maximum Gasteiger partial charge on any atom is 0.274 e. The van der Waals surface area contributed by atoms with Crippen LogP contribution in [0.25, 0.3) is 0 Å². The average Bonchev–Trinajstić information content (AvgIpc) is 2.73. The van der Waals surface area contributed by atoms with Crippen molar-refractivity contribution in [3.63, 3.8) is 0 Å². The highest BCUT2D eigenvalue weighted by Crippen LogP contribution is 2.17. The van der Waals surface area contributed by atoms with E-state index in [2.05, 4.69) is 34.4 Å². The van der Waals surface area contributed by atoms with Crippen molar-refractivity contribution in [1.29, 1.82) is 0 Å². The fraction of sp³-hybridized carbons (Fsp3) is 0.182. The summed E-state index contributed by atoms with van der Waals surface area (Å²) in [7, 11) is 0. The van der Waals surface area contributed by atoms with Crippen molar-refractivity contribution in [1.82, 2.24) is 15.3 Å². The predicted molar refractivity (Wildman–Crippen MR) is 108 cm³/mol. The molecule has 28 heavy (non-hydrogen) atoms. The van der Waals surface area contributed by atoms with E-state index >= 15 is 0 Å². The zero-order chi connectivity index (χ0) is 19.9. The van der Waals surface area contributed by atoms with Crippen LogP contribution in [-0.4, -0.2) is 21.8 Å². The number of carbonyl (C=O) groups is 2. The topological polar surface area (TPSA) is 84.0 Å². The summed E-state index contributed by atoms with van der Waals surface area (Å²) in [5.41, 5.74) is 3.19. The molecule has 0 fully saturated rings. The minimum atomic E-state index is -0.360. The van der Waals surface area contributed by atoms with Crippen LogP contribution in [0.3, 0.4) is 0 Å². The summed E-state index contributed by atoms with van der Waals surface area (Å²) in [6.45, 7) is 4.59. The van der Waals surface area contributed by atoms with Crippen molar-refractivity contribution < 1.29 is 9.59 Å². The van der Waals surface area contributed by atoms with Gasteiger partial charge in [0.15, 0.2) is 0 Å². The number of benzene rings is 1. The first kappa shape index (κ1) is 19.2. The fourth-order valence-electron chi connectivity index (χ4n) is 2.61. The molecule has 1 aromatic carbocycles. The first-order valence-corrected chi connectivity index (χ1v) is 9.08. The summed E-state index contributed by atoms with van der Waals surface area (Å²) < 4.78 is 0. The molecule has 0 radical (unpaired) electrons. The van der Waals surface area contributed by atoms with Crippen LogP contribution in [0, 0.1) is 0 Å². The lowest BCUT2D eigenvalue weighted by atomic mass is 10.0. The molecule has 6 nitrogen and oxygen atoms in total. The van der Waals surface area contributed by atoms with E-state index in [4.69, 9.17) is 0 Å². The molecule has 0 aliphatic rings. The monoisotopic (exact) mass is 374 g/mol. The van der Waals surface area contributed by atoms with Crippen LogP contribution in [0.2, 0.25) is 0 Å².